The van der Waals surface area contributed by atoms with Gasteiger partial charge in [-0.3, -0.25) is 0 Å². The molecule has 0 N–H and O–H groups in total. The minimum atomic E-state index is -4.45. The first kappa shape index (κ1) is 12.4. The van der Waals surface area contributed by atoms with Crippen molar-refractivity contribution in [2.75, 3.05) is 18.0 Å². The van der Waals surface area contributed by atoms with Crippen molar-refractivity contribution in [3.63, 3.8) is 0 Å². The molecule has 0 saturated heterocycles. The summed E-state index contributed by atoms with van der Waals surface area (Å²) in [4.78, 5) is 6.47. The summed E-state index contributed by atoms with van der Waals surface area (Å²) in [6, 6.07) is 0. The second kappa shape index (κ2) is 4.89. The first-order chi connectivity index (χ1) is 6.96. The van der Waals surface area contributed by atoms with Gasteiger partial charge in [-0.1, -0.05) is 0 Å². The standard InChI is InChI=1S/C8H13FN2O2S2/c1-3-11(4-2)8-10-5-7(14-8)6-15(9,12)13/h5H,3-4,6H2,1-2H3. The van der Waals surface area contributed by atoms with Gasteiger partial charge in [-0.05, 0) is 13.8 Å². The minimum absolute atomic E-state index is 0.430. The van der Waals surface area contributed by atoms with E-state index in [1.54, 1.807) is 0 Å². The number of halogens is 1. The van der Waals surface area contributed by atoms with Crippen LogP contribution < -0.4 is 4.90 Å². The lowest BCUT2D eigenvalue weighted by Crippen LogP contribution is -2.21. The van der Waals surface area contributed by atoms with Gasteiger partial charge in [0.05, 0.1) is 0 Å². The second-order valence-electron chi connectivity index (χ2n) is 2.96. The number of hydrogen-bond donors (Lipinski definition) is 0. The van der Waals surface area contributed by atoms with Crippen molar-refractivity contribution >= 4 is 26.7 Å². The van der Waals surface area contributed by atoms with Crippen LogP contribution in [-0.4, -0.2) is 26.5 Å². The number of aromatic nitrogens is 1. The fourth-order valence-electron chi connectivity index (χ4n) is 1.17. The number of nitrogens with zero attached hydrogens (tertiary/aromatic N) is 2. The Kier molecular flexibility index (Phi) is 4.04. The third-order valence-corrected chi connectivity index (χ3v) is 3.79. The summed E-state index contributed by atoms with van der Waals surface area (Å²) < 4.78 is 33.2. The van der Waals surface area contributed by atoms with Gasteiger partial charge in [0.1, 0.15) is 5.75 Å². The topological polar surface area (TPSA) is 50.3 Å². The van der Waals surface area contributed by atoms with Gasteiger partial charge in [0, 0.05) is 24.2 Å². The quantitative estimate of drug-likeness (QED) is 0.750. The van der Waals surface area contributed by atoms with Crippen LogP contribution in [0.3, 0.4) is 0 Å². The van der Waals surface area contributed by atoms with Crippen molar-refractivity contribution in [1.29, 1.82) is 0 Å². The number of rotatable bonds is 5. The van der Waals surface area contributed by atoms with E-state index in [0.717, 1.165) is 18.2 Å². The SMILES string of the molecule is CCN(CC)c1ncc(CS(=O)(=O)F)s1. The Labute approximate surface area is 93.0 Å². The fraction of sp³-hybridized carbons (Fsp3) is 0.625. The van der Waals surface area contributed by atoms with Crippen molar-refractivity contribution in [3.8, 4) is 0 Å². The maximum Gasteiger partial charge on any atom is 0.307 e. The van der Waals surface area contributed by atoms with Crippen LogP contribution in [0.1, 0.15) is 18.7 Å². The molecule has 0 aliphatic carbocycles. The molecule has 0 fully saturated rings. The molecule has 7 heteroatoms. The predicted octanol–water partition coefficient (Wildman–Crippen LogP) is 1.79. The molecule has 4 nitrogen and oxygen atoms in total. The summed E-state index contributed by atoms with van der Waals surface area (Å²) >= 11 is 1.21. The Hall–Kier alpha value is -0.690. The Morgan fingerprint density at radius 2 is 2.07 bits per heavy atom. The van der Waals surface area contributed by atoms with Crippen LogP contribution in [0.25, 0.3) is 0 Å². The van der Waals surface area contributed by atoms with Crippen LogP contribution in [0, 0.1) is 0 Å². The lowest BCUT2D eigenvalue weighted by atomic mass is 10.6. The Balaban J connectivity index is 2.80. The van der Waals surface area contributed by atoms with Gasteiger partial charge in [0.2, 0.25) is 0 Å². The molecule has 0 aliphatic rings. The lowest BCUT2D eigenvalue weighted by Gasteiger charge is -2.16. The molecule has 0 bridgehead atoms. The third kappa shape index (κ3) is 3.75. The van der Waals surface area contributed by atoms with Crippen LogP contribution in [0.15, 0.2) is 6.20 Å². The first-order valence-electron chi connectivity index (χ1n) is 4.58. The second-order valence-corrected chi connectivity index (χ2v) is 5.42. The molecule has 1 aromatic heterocycles. The van der Waals surface area contributed by atoms with Crippen molar-refractivity contribution in [2.45, 2.75) is 19.6 Å². The van der Waals surface area contributed by atoms with E-state index in [0.29, 0.717) is 4.88 Å². The van der Waals surface area contributed by atoms with E-state index in [1.165, 1.54) is 17.5 Å². The molecule has 0 atom stereocenters. The van der Waals surface area contributed by atoms with Crippen molar-refractivity contribution in [2.24, 2.45) is 0 Å². The van der Waals surface area contributed by atoms with E-state index >= 15 is 0 Å². The highest BCUT2D eigenvalue weighted by molar-refractivity contribution is 7.85. The summed E-state index contributed by atoms with van der Waals surface area (Å²) in [5, 5.41) is 0.735. The molecule has 0 spiro atoms. The van der Waals surface area contributed by atoms with Crippen molar-refractivity contribution in [1.82, 2.24) is 4.98 Å². The Morgan fingerprint density at radius 3 is 2.53 bits per heavy atom. The van der Waals surface area contributed by atoms with Gasteiger partial charge in [-0.15, -0.1) is 15.2 Å². The molecule has 86 valence electrons. The average molecular weight is 252 g/mol. The van der Waals surface area contributed by atoms with E-state index in [4.69, 9.17) is 0 Å². The fourth-order valence-corrected chi connectivity index (χ4v) is 3.08. The van der Waals surface area contributed by atoms with Crippen molar-refractivity contribution in [3.05, 3.63) is 11.1 Å². The zero-order valence-electron chi connectivity index (χ0n) is 8.60. The number of hydrogen-bond acceptors (Lipinski definition) is 5. The molecule has 1 aromatic rings. The number of thiazole rings is 1. The van der Waals surface area contributed by atoms with Crippen LogP contribution in [0.4, 0.5) is 9.02 Å². The van der Waals surface area contributed by atoms with Gasteiger partial charge < -0.3 is 4.90 Å². The first-order valence-corrected chi connectivity index (χ1v) is 6.95. The van der Waals surface area contributed by atoms with Crippen LogP contribution >= 0.6 is 11.3 Å². The Morgan fingerprint density at radius 1 is 1.47 bits per heavy atom. The van der Waals surface area contributed by atoms with Gasteiger partial charge >= 0.3 is 10.2 Å². The van der Waals surface area contributed by atoms with E-state index in [1.807, 2.05) is 18.7 Å². The average Bonchev–Trinajstić information content (AvgIpc) is 2.52. The predicted molar refractivity (Wildman–Crippen MR) is 59.4 cm³/mol. The maximum absolute atomic E-state index is 12.4. The zero-order chi connectivity index (χ0) is 11.5. The normalized spacial score (nSPS) is 11.7. The van der Waals surface area contributed by atoms with E-state index < -0.39 is 16.0 Å². The summed E-state index contributed by atoms with van der Waals surface area (Å²) in [7, 11) is -4.45. The highest BCUT2D eigenvalue weighted by atomic mass is 32.3. The summed E-state index contributed by atoms with van der Waals surface area (Å²) in [6.07, 6.45) is 1.41. The van der Waals surface area contributed by atoms with Gasteiger partial charge in [0.25, 0.3) is 0 Å². The summed E-state index contributed by atoms with van der Waals surface area (Å²) in [6.45, 7) is 5.56. The van der Waals surface area contributed by atoms with Crippen LogP contribution in [0.2, 0.25) is 0 Å². The molecular weight excluding hydrogens is 239 g/mol. The number of anilines is 1. The lowest BCUT2D eigenvalue weighted by molar-refractivity contribution is 0.551. The summed E-state index contributed by atoms with van der Waals surface area (Å²) in [5.74, 6) is -0.577. The highest BCUT2D eigenvalue weighted by Gasteiger charge is 2.13. The maximum atomic E-state index is 12.4. The van der Waals surface area contributed by atoms with E-state index in [9.17, 15) is 12.3 Å². The molecule has 0 aromatic carbocycles. The van der Waals surface area contributed by atoms with Gasteiger partial charge in [0.15, 0.2) is 5.13 Å². The van der Waals surface area contributed by atoms with Gasteiger partial charge in [-0.2, -0.15) is 8.42 Å². The monoisotopic (exact) mass is 252 g/mol. The van der Waals surface area contributed by atoms with Crippen molar-refractivity contribution < 1.29 is 12.3 Å². The molecule has 0 aliphatic heterocycles. The molecule has 15 heavy (non-hydrogen) atoms. The molecule has 0 radical (unpaired) electrons. The van der Waals surface area contributed by atoms with E-state index in [2.05, 4.69) is 4.98 Å². The minimum Gasteiger partial charge on any atom is -0.349 e. The Bertz CT molecular complexity index is 412. The molecule has 1 rings (SSSR count). The summed E-state index contributed by atoms with van der Waals surface area (Å²) in [5.41, 5.74) is 0. The van der Waals surface area contributed by atoms with Crippen LogP contribution in [-0.2, 0) is 16.0 Å². The zero-order valence-corrected chi connectivity index (χ0v) is 10.2. The molecule has 1 heterocycles. The highest BCUT2D eigenvalue weighted by Crippen LogP contribution is 2.24. The molecule has 0 saturated carbocycles. The van der Waals surface area contributed by atoms with Crippen LogP contribution in [0.5, 0.6) is 0 Å². The third-order valence-electron chi connectivity index (χ3n) is 1.89. The van der Waals surface area contributed by atoms with Gasteiger partial charge in [-0.25, -0.2) is 4.98 Å². The largest absolute Gasteiger partial charge is 0.349 e. The smallest absolute Gasteiger partial charge is 0.307 e. The van der Waals surface area contributed by atoms with E-state index in [-0.39, 0.29) is 0 Å². The molecule has 0 amide bonds. The molecule has 0 unspecified atom stereocenters. The molecular formula is C8H13FN2O2S2.